The number of nitrogens with zero attached hydrogens (tertiary/aromatic N) is 1. The van der Waals surface area contributed by atoms with Gasteiger partial charge in [0, 0.05) is 17.5 Å². The summed E-state index contributed by atoms with van der Waals surface area (Å²) >= 11 is 1.40. The number of thiophene rings is 1. The molecule has 17 heavy (non-hydrogen) atoms. The maximum absolute atomic E-state index is 10.8. The highest BCUT2D eigenvalue weighted by Crippen LogP contribution is 2.26. The highest BCUT2D eigenvalue weighted by Gasteiger charge is 2.21. The summed E-state index contributed by atoms with van der Waals surface area (Å²) in [6, 6.07) is 4.37. The fourth-order valence-corrected chi connectivity index (χ4v) is 3.42. The largest absolute Gasteiger partial charge is 0.477 e. The molecular weight excluding hydrogens is 234 g/mol. The van der Waals surface area contributed by atoms with Crippen LogP contribution in [0.5, 0.6) is 0 Å². The molecule has 1 aliphatic rings. The predicted molar refractivity (Wildman–Crippen MR) is 69.6 cm³/mol. The normalized spacial score (nSPS) is 16.8. The Labute approximate surface area is 106 Å². The van der Waals surface area contributed by atoms with E-state index in [0.29, 0.717) is 10.9 Å². The molecule has 0 aliphatic heterocycles. The highest BCUT2D eigenvalue weighted by atomic mass is 32.1. The van der Waals surface area contributed by atoms with Crippen LogP contribution in [0, 0.1) is 0 Å². The predicted octanol–water partition coefficient (Wildman–Crippen LogP) is 3.21. The molecule has 0 radical (unpaired) electrons. The van der Waals surface area contributed by atoms with Crippen LogP contribution in [0.2, 0.25) is 0 Å². The fourth-order valence-electron chi connectivity index (χ4n) is 2.55. The molecule has 1 fully saturated rings. The van der Waals surface area contributed by atoms with Crippen LogP contribution in [0.25, 0.3) is 0 Å². The Balaban J connectivity index is 1.99. The van der Waals surface area contributed by atoms with Crippen molar-refractivity contribution < 1.29 is 9.90 Å². The van der Waals surface area contributed by atoms with E-state index in [4.69, 9.17) is 5.11 Å². The van der Waals surface area contributed by atoms with Crippen LogP contribution < -0.4 is 0 Å². The zero-order valence-electron chi connectivity index (χ0n) is 10.2. The molecule has 0 bridgehead atoms. The average Bonchev–Trinajstić information content (AvgIpc) is 2.96. The summed E-state index contributed by atoms with van der Waals surface area (Å²) in [5.41, 5.74) is 0. The first kappa shape index (κ1) is 12.6. The van der Waals surface area contributed by atoms with E-state index in [-0.39, 0.29) is 0 Å². The van der Waals surface area contributed by atoms with Gasteiger partial charge in [-0.2, -0.15) is 0 Å². The number of aromatic carboxylic acids is 1. The molecule has 2 rings (SSSR count). The van der Waals surface area contributed by atoms with Gasteiger partial charge in [0.2, 0.25) is 0 Å². The van der Waals surface area contributed by atoms with Crippen molar-refractivity contribution in [2.75, 3.05) is 6.54 Å². The number of carboxylic acids is 1. The lowest BCUT2D eigenvalue weighted by molar-refractivity contribution is 0.0702. The molecule has 1 aliphatic carbocycles. The molecule has 0 saturated heterocycles. The molecule has 3 nitrogen and oxygen atoms in total. The first-order valence-corrected chi connectivity index (χ1v) is 7.08. The second-order valence-electron chi connectivity index (χ2n) is 4.57. The molecular formula is C13H19NO2S. The Morgan fingerprint density at radius 2 is 2.18 bits per heavy atom. The topological polar surface area (TPSA) is 40.5 Å². The van der Waals surface area contributed by atoms with Gasteiger partial charge in [0.1, 0.15) is 4.88 Å². The monoisotopic (exact) mass is 253 g/mol. The molecule has 1 aromatic heterocycles. The zero-order chi connectivity index (χ0) is 12.3. The summed E-state index contributed by atoms with van der Waals surface area (Å²) < 4.78 is 0. The van der Waals surface area contributed by atoms with Gasteiger partial charge >= 0.3 is 5.97 Å². The van der Waals surface area contributed by atoms with Gasteiger partial charge in [-0.05, 0) is 31.5 Å². The van der Waals surface area contributed by atoms with E-state index < -0.39 is 5.97 Å². The van der Waals surface area contributed by atoms with Gasteiger partial charge < -0.3 is 5.11 Å². The van der Waals surface area contributed by atoms with Crippen molar-refractivity contribution in [3.63, 3.8) is 0 Å². The van der Waals surface area contributed by atoms with Crippen molar-refractivity contribution in [1.29, 1.82) is 0 Å². The Kier molecular flexibility index (Phi) is 4.18. The molecule has 1 aromatic rings. The fraction of sp³-hybridized carbons (Fsp3) is 0.615. The van der Waals surface area contributed by atoms with Crippen molar-refractivity contribution in [2.24, 2.45) is 0 Å². The number of carbonyl (C=O) groups is 1. The quantitative estimate of drug-likeness (QED) is 0.876. The SMILES string of the molecule is CCN(Cc1ccc(C(=O)O)s1)C1CCCC1. The Morgan fingerprint density at radius 3 is 2.71 bits per heavy atom. The van der Waals surface area contributed by atoms with Gasteiger partial charge in [-0.1, -0.05) is 19.8 Å². The van der Waals surface area contributed by atoms with Crippen molar-refractivity contribution in [1.82, 2.24) is 4.90 Å². The molecule has 0 amide bonds. The maximum Gasteiger partial charge on any atom is 0.345 e. The number of carboxylic acid groups (broad SMARTS) is 1. The third-order valence-electron chi connectivity index (χ3n) is 3.48. The maximum atomic E-state index is 10.8. The van der Waals surface area contributed by atoms with E-state index in [1.165, 1.54) is 37.0 Å². The summed E-state index contributed by atoms with van der Waals surface area (Å²) in [6.45, 7) is 4.13. The van der Waals surface area contributed by atoms with Crippen LogP contribution in [0.3, 0.4) is 0 Å². The van der Waals surface area contributed by atoms with E-state index in [1.807, 2.05) is 6.07 Å². The molecule has 0 aromatic carbocycles. The zero-order valence-corrected chi connectivity index (χ0v) is 11.0. The highest BCUT2D eigenvalue weighted by molar-refractivity contribution is 7.13. The van der Waals surface area contributed by atoms with Crippen molar-refractivity contribution in [3.05, 3.63) is 21.9 Å². The van der Waals surface area contributed by atoms with E-state index in [1.54, 1.807) is 6.07 Å². The molecule has 94 valence electrons. The summed E-state index contributed by atoms with van der Waals surface area (Å²) in [4.78, 5) is 14.9. The van der Waals surface area contributed by atoms with Crippen LogP contribution in [-0.2, 0) is 6.54 Å². The van der Waals surface area contributed by atoms with Gasteiger partial charge in [-0.15, -0.1) is 11.3 Å². The van der Waals surface area contributed by atoms with Crippen LogP contribution in [-0.4, -0.2) is 28.6 Å². The first-order valence-electron chi connectivity index (χ1n) is 6.26. The van der Waals surface area contributed by atoms with Gasteiger partial charge in [0.05, 0.1) is 0 Å². The Bertz CT molecular complexity index is 383. The summed E-state index contributed by atoms with van der Waals surface area (Å²) in [5, 5.41) is 8.90. The lowest BCUT2D eigenvalue weighted by Crippen LogP contribution is -2.32. The minimum Gasteiger partial charge on any atom is -0.477 e. The summed E-state index contributed by atoms with van der Waals surface area (Å²) in [5.74, 6) is -0.815. The summed E-state index contributed by atoms with van der Waals surface area (Å²) in [6.07, 6.45) is 5.27. The summed E-state index contributed by atoms with van der Waals surface area (Å²) in [7, 11) is 0. The van der Waals surface area contributed by atoms with Crippen LogP contribution >= 0.6 is 11.3 Å². The number of hydrogen-bond acceptors (Lipinski definition) is 3. The Morgan fingerprint density at radius 1 is 1.47 bits per heavy atom. The van der Waals surface area contributed by atoms with Gasteiger partial charge in [-0.3, -0.25) is 4.90 Å². The second-order valence-corrected chi connectivity index (χ2v) is 5.74. The lowest BCUT2D eigenvalue weighted by Gasteiger charge is -2.26. The van der Waals surface area contributed by atoms with Gasteiger partial charge in [0.15, 0.2) is 0 Å². The minimum atomic E-state index is -0.815. The first-order chi connectivity index (χ1) is 8.20. The smallest absolute Gasteiger partial charge is 0.345 e. The third-order valence-corrected chi connectivity index (χ3v) is 4.54. The molecule has 1 heterocycles. The molecule has 0 unspecified atom stereocenters. The lowest BCUT2D eigenvalue weighted by atomic mass is 10.2. The molecule has 1 saturated carbocycles. The molecule has 1 N–H and O–H groups in total. The molecule has 4 heteroatoms. The van der Waals surface area contributed by atoms with E-state index in [2.05, 4.69) is 11.8 Å². The molecule has 0 spiro atoms. The van der Waals surface area contributed by atoms with Crippen molar-refractivity contribution in [2.45, 2.75) is 45.2 Å². The van der Waals surface area contributed by atoms with Crippen LogP contribution in [0.4, 0.5) is 0 Å². The van der Waals surface area contributed by atoms with Crippen LogP contribution in [0.15, 0.2) is 12.1 Å². The second kappa shape index (κ2) is 5.65. The van der Waals surface area contributed by atoms with E-state index >= 15 is 0 Å². The standard InChI is InChI=1S/C13H19NO2S/c1-2-14(10-5-3-4-6-10)9-11-7-8-12(17-11)13(15)16/h7-8,10H,2-6,9H2,1H3,(H,15,16). The van der Waals surface area contributed by atoms with Crippen LogP contribution in [0.1, 0.15) is 47.2 Å². The Hall–Kier alpha value is -0.870. The van der Waals surface area contributed by atoms with Gasteiger partial charge in [-0.25, -0.2) is 4.79 Å². The van der Waals surface area contributed by atoms with Crippen molar-refractivity contribution in [3.8, 4) is 0 Å². The van der Waals surface area contributed by atoms with Crippen molar-refractivity contribution >= 4 is 17.3 Å². The average molecular weight is 253 g/mol. The number of hydrogen-bond donors (Lipinski definition) is 1. The van der Waals surface area contributed by atoms with E-state index in [9.17, 15) is 4.79 Å². The molecule has 0 atom stereocenters. The third kappa shape index (κ3) is 3.07. The van der Waals surface area contributed by atoms with E-state index in [0.717, 1.165) is 18.0 Å². The van der Waals surface area contributed by atoms with Gasteiger partial charge in [0.25, 0.3) is 0 Å². The number of rotatable bonds is 5. The minimum absolute atomic E-state index is 0.447.